The SMILES string of the molecule is COc1cccc(NC(=O)N2CCSC2c2ccc(F)cc2)c1. The first-order chi connectivity index (χ1) is 11.2. The van der Waals surface area contributed by atoms with Crippen molar-refractivity contribution >= 4 is 23.5 Å². The Morgan fingerprint density at radius 3 is 2.83 bits per heavy atom. The first-order valence-electron chi connectivity index (χ1n) is 7.26. The fourth-order valence-corrected chi connectivity index (χ4v) is 3.73. The summed E-state index contributed by atoms with van der Waals surface area (Å²) in [5.41, 5.74) is 1.61. The zero-order valence-corrected chi connectivity index (χ0v) is 13.5. The number of anilines is 1. The van der Waals surface area contributed by atoms with Crippen molar-refractivity contribution < 1.29 is 13.9 Å². The molecule has 4 nitrogen and oxygen atoms in total. The number of nitrogens with zero attached hydrogens (tertiary/aromatic N) is 1. The van der Waals surface area contributed by atoms with E-state index >= 15 is 0 Å². The molecule has 1 N–H and O–H groups in total. The summed E-state index contributed by atoms with van der Waals surface area (Å²) in [4.78, 5) is 14.3. The highest BCUT2D eigenvalue weighted by Gasteiger charge is 2.30. The van der Waals surface area contributed by atoms with Gasteiger partial charge in [0, 0.05) is 24.1 Å². The number of nitrogens with one attached hydrogen (secondary N) is 1. The Hall–Kier alpha value is -2.21. The molecule has 0 spiro atoms. The van der Waals surface area contributed by atoms with Crippen LogP contribution in [0.1, 0.15) is 10.9 Å². The van der Waals surface area contributed by atoms with Gasteiger partial charge in [-0.25, -0.2) is 9.18 Å². The molecule has 0 saturated carbocycles. The molecular formula is C17H17FN2O2S. The van der Waals surface area contributed by atoms with Crippen LogP contribution in [0.5, 0.6) is 5.75 Å². The number of thioether (sulfide) groups is 1. The molecule has 1 fully saturated rings. The lowest BCUT2D eigenvalue weighted by atomic mass is 10.2. The number of ether oxygens (including phenoxy) is 1. The molecule has 6 heteroatoms. The molecule has 1 atom stereocenters. The smallest absolute Gasteiger partial charge is 0.323 e. The molecular weight excluding hydrogens is 315 g/mol. The Morgan fingerprint density at radius 1 is 1.30 bits per heavy atom. The number of hydrogen-bond donors (Lipinski definition) is 1. The van der Waals surface area contributed by atoms with Gasteiger partial charge in [-0.3, -0.25) is 0 Å². The van der Waals surface area contributed by atoms with Crippen molar-refractivity contribution in [3.63, 3.8) is 0 Å². The van der Waals surface area contributed by atoms with Crippen molar-refractivity contribution in [2.45, 2.75) is 5.37 Å². The number of hydrogen-bond acceptors (Lipinski definition) is 3. The van der Waals surface area contributed by atoms with Crippen LogP contribution in [-0.4, -0.2) is 30.3 Å². The molecule has 3 rings (SSSR count). The van der Waals surface area contributed by atoms with Crippen molar-refractivity contribution in [3.8, 4) is 5.75 Å². The number of methoxy groups -OCH3 is 1. The Kier molecular flexibility index (Phi) is 4.71. The highest BCUT2D eigenvalue weighted by atomic mass is 32.2. The van der Waals surface area contributed by atoms with E-state index in [9.17, 15) is 9.18 Å². The number of rotatable bonds is 3. The van der Waals surface area contributed by atoms with Gasteiger partial charge in [-0.1, -0.05) is 18.2 Å². The normalized spacial score (nSPS) is 17.1. The summed E-state index contributed by atoms with van der Waals surface area (Å²) in [5.74, 6) is 1.27. The minimum absolute atomic E-state index is 0.0961. The number of urea groups is 1. The van der Waals surface area contributed by atoms with Crippen LogP contribution in [0.3, 0.4) is 0 Å². The molecule has 1 saturated heterocycles. The quantitative estimate of drug-likeness (QED) is 0.919. The van der Waals surface area contributed by atoms with Crippen LogP contribution in [0.2, 0.25) is 0 Å². The second kappa shape index (κ2) is 6.91. The second-order valence-corrected chi connectivity index (χ2v) is 6.32. The van der Waals surface area contributed by atoms with Gasteiger partial charge in [-0.15, -0.1) is 11.8 Å². The predicted molar refractivity (Wildman–Crippen MR) is 90.3 cm³/mol. The van der Waals surface area contributed by atoms with E-state index < -0.39 is 0 Å². The average Bonchev–Trinajstić information content (AvgIpc) is 3.05. The molecule has 1 aliphatic rings. The van der Waals surface area contributed by atoms with Crippen LogP contribution in [0.15, 0.2) is 48.5 Å². The lowest BCUT2D eigenvalue weighted by Gasteiger charge is -2.24. The summed E-state index contributed by atoms with van der Waals surface area (Å²) in [7, 11) is 1.59. The summed E-state index contributed by atoms with van der Waals surface area (Å²) in [6.45, 7) is 0.655. The first kappa shape index (κ1) is 15.7. The summed E-state index contributed by atoms with van der Waals surface area (Å²) in [6.07, 6.45) is 0. The minimum atomic E-state index is -0.274. The standard InChI is InChI=1S/C17H17FN2O2S/c1-22-15-4-2-3-14(11-15)19-17(21)20-9-10-23-16(20)12-5-7-13(18)8-6-12/h2-8,11,16H,9-10H2,1H3,(H,19,21). The predicted octanol–water partition coefficient (Wildman–Crippen LogP) is 4.11. The maximum atomic E-state index is 13.1. The monoisotopic (exact) mass is 332 g/mol. The van der Waals surface area contributed by atoms with Gasteiger partial charge in [-0.05, 0) is 29.8 Å². The van der Waals surface area contributed by atoms with Crippen molar-refractivity contribution in [1.82, 2.24) is 4.90 Å². The van der Waals surface area contributed by atoms with E-state index in [1.165, 1.54) is 12.1 Å². The topological polar surface area (TPSA) is 41.6 Å². The molecule has 0 aromatic heterocycles. The molecule has 2 aromatic rings. The Labute approximate surface area is 138 Å². The Balaban J connectivity index is 1.74. The van der Waals surface area contributed by atoms with Gasteiger partial charge >= 0.3 is 6.03 Å². The van der Waals surface area contributed by atoms with Crippen molar-refractivity contribution in [2.75, 3.05) is 24.7 Å². The summed E-state index contributed by atoms with van der Waals surface area (Å²) >= 11 is 1.67. The van der Waals surface area contributed by atoms with Crippen LogP contribution in [0, 0.1) is 5.82 Å². The van der Waals surface area contributed by atoms with E-state index in [4.69, 9.17) is 4.74 Å². The van der Waals surface area contributed by atoms with Crippen molar-refractivity contribution in [2.24, 2.45) is 0 Å². The zero-order chi connectivity index (χ0) is 16.2. The number of carbonyl (C=O) groups is 1. The number of benzene rings is 2. The van der Waals surface area contributed by atoms with Crippen LogP contribution in [0.4, 0.5) is 14.9 Å². The van der Waals surface area contributed by atoms with Gasteiger partial charge in [0.05, 0.1) is 7.11 Å². The molecule has 1 heterocycles. The fourth-order valence-electron chi connectivity index (χ4n) is 2.48. The van der Waals surface area contributed by atoms with E-state index in [0.717, 1.165) is 11.3 Å². The molecule has 0 bridgehead atoms. The van der Waals surface area contributed by atoms with Gasteiger partial charge in [0.25, 0.3) is 0 Å². The molecule has 23 heavy (non-hydrogen) atoms. The van der Waals surface area contributed by atoms with E-state index in [1.54, 1.807) is 42.0 Å². The van der Waals surface area contributed by atoms with Gasteiger partial charge < -0.3 is 15.0 Å². The van der Waals surface area contributed by atoms with Crippen LogP contribution >= 0.6 is 11.8 Å². The van der Waals surface area contributed by atoms with E-state index in [2.05, 4.69) is 5.32 Å². The summed E-state index contributed by atoms with van der Waals surface area (Å²) < 4.78 is 18.2. The minimum Gasteiger partial charge on any atom is -0.497 e. The maximum Gasteiger partial charge on any atom is 0.323 e. The van der Waals surface area contributed by atoms with Gasteiger partial charge in [0.15, 0.2) is 0 Å². The molecule has 0 radical (unpaired) electrons. The molecule has 1 unspecified atom stereocenters. The lowest BCUT2D eigenvalue weighted by Crippen LogP contribution is -2.34. The van der Waals surface area contributed by atoms with Crippen LogP contribution in [0.25, 0.3) is 0 Å². The van der Waals surface area contributed by atoms with Gasteiger partial charge in [0.1, 0.15) is 16.9 Å². The zero-order valence-electron chi connectivity index (χ0n) is 12.7. The highest BCUT2D eigenvalue weighted by Crippen LogP contribution is 2.38. The maximum absolute atomic E-state index is 13.1. The average molecular weight is 332 g/mol. The molecule has 1 aliphatic heterocycles. The molecule has 120 valence electrons. The largest absolute Gasteiger partial charge is 0.497 e. The number of amides is 2. The second-order valence-electron chi connectivity index (χ2n) is 5.13. The molecule has 2 amide bonds. The third-order valence-corrected chi connectivity index (χ3v) is 4.89. The summed E-state index contributed by atoms with van der Waals surface area (Å²) in [5, 5.41) is 2.79. The van der Waals surface area contributed by atoms with Crippen molar-refractivity contribution in [1.29, 1.82) is 0 Å². The summed E-state index contributed by atoms with van der Waals surface area (Å²) in [6, 6.07) is 13.4. The molecule has 2 aromatic carbocycles. The van der Waals surface area contributed by atoms with E-state index in [-0.39, 0.29) is 17.2 Å². The van der Waals surface area contributed by atoms with Crippen LogP contribution in [-0.2, 0) is 0 Å². The van der Waals surface area contributed by atoms with Crippen LogP contribution < -0.4 is 10.1 Å². The third-order valence-electron chi connectivity index (χ3n) is 3.63. The van der Waals surface area contributed by atoms with Gasteiger partial charge in [-0.2, -0.15) is 0 Å². The van der Waals surface area contributed by atoms with E-state index in [1.807, 2.05) is 18.2 Å². The Morgan fingerprint density at radius 2 is 2.09 bits per heavy atom. The molecule has 0 aliphatic carbocycles. The van der Waals surface area contributed by atoms with Crippen molar-refractivity contribution in [3.05, 3.63) is 59.9 Å². The third kappa shape index (κ3) is 3.59. The first-order valence-corrected chi connectivity index (χ1v) is 8.31. The van der Waals surface area contributed by atoms with E-state index in [0.29, 0.717) is 18.0 Å². The lowest BCUT2D eigenvalue weighted by molar-refractivity contribution is 0.214. The highest BCUT2D eigenvalue weighted by molar-refractivity contribution is 7.99. The fraction of sp³-hybridized carbons (Fsp3) is 0.235. The number of halogens is 1. The van der Waals surface area contributed by atoms with Gasteiger partial charge in [0.2, 0.25) is 0 Å². The number of carbonyl (C=O) groups excluding carboxylic acids is 1. The Bertz CT molecular complexity index is 693.